The maximum absolute atomic E-state index is 11.9. The van der Waals surface area contributed by atoms with E-state index >= 15 is 0 Å². The third-order valence-corrected chi connectivity index (χ3v) is 4.18. The molecule has 104 valence electrons. The van der Waals surface area contributed by atoms with E-state index in [1.807, 2.05) is 18.7 Å². The first-order valence-electron chi connectivity index (χ1n) is 6.42. The molecule has 0 amide bonds. The monoisotopic (exact) mass is 281 g/mol. The Morgan fingerprint density at radius 1 is 1.63 bits per heavy atom. The summed E-state index contributed by atoms with van der Waals surface area (Å²) in [5, 5.41) is 0. The first-order valence-corrected chi connectivity index (χ1v) is 7.57. The normalized spacial score (nSPS) is 20.3. The molecular formula is C13H19N3O2S. The van der Waals surface area contributed by atoms with Gasteiger partial charge in [0.1, 0.15) is 5.82 Å². The fourth-order valence-corrected chi connectivity index (χ4v) is 3.19. The Hall–Kier alpha value is -1.14. The van der Waals surface area contributed by atoms with Crippen LogP contribution in [0.5, 0.6) is 0 Å². The van der Waals surface area contributed by atoms with Crippen LogP contribution in [-0.2, 0) is 4.74 Å². The number of rotatable bonds is 3. The van der Waals surface area contributed by atoms with Crippen molar-refractivity contribution < 1.29 is 9.53 Å². The summed E-state index contributed by atoms with van der Waals surface area (Å²) in [5.74, 6) is 2.43. The molecule has 0 aliphatic carbocycles. The van der Waals surface area contributed by atoms with E-state index < -0.39 is 0 Å². The van der Waals surface area contributed by atoms with Gasteiger partial charge in [-0.05, 0) is 20.9 Å². The molecule has 0 N–H and O–H groups in total. The van der Waals surface area contributed by atoms with Crippen molar-refractivity contribution >= 4 is 17.7 Å². The van der Waals surface area contributed by atoms with Gasteiger partial charge in [-0.2, -0.15) is 11.8 Å². The number of aromatic nitrogens is 2. The van der Waals surface area contributed by atoms with Crippen LogP contribution in [0.25, 0.3) is 0 Å². The molecule has 2 heterocycles. The molecule has 19 heavy (non-hydrogen) atoms. The Bertz CT molecular complexity index is 467. The van der Waals surface area contributed by atoms with E-state index in [1.54, 1.807) is 13.1 Å². The van der Waals surface area contributed by atoms with Gasteiger partial charge in [-0.25, -0.2) is 14.8 Å². The lowest BCUT2D eigenvalue weighted by atomic mass is 10.2. The fraction of sp³-hybridized carbons (Fsp3) is 0.615. The van der Waals surface area contributed by atoms with Gasteiger partial charge in [0.05, 0.1) is 12.6 Å². The number of carbonyl (C=O) groups is 1. The molecule has 0 aromatic carbocycles. The zero-order valence-electron chi connectivity index (χ0n) is 11.5. The highest BCUT2D eigenvalue weighted by molar-refractivity contribution is 7.99. The third kappa shape index (κ3) is 3.25. The highest BCUT2D eigenvalue weighted by Gasteiger charge is 2.25. The second-order valence-corrected chi connectivity index (χ2v) is 5.70. The van der Waals surface area contributed by atoms with Crippen LogP contribution in [0, 0.1) is 6.92 Å². The predicted octanol–water partition coefficient (Wildman–Crippen LogP) is 1.68. The van der Waals surface area contributed by atoms with Crippen LogP contribution in [0.15, 0.2) is 6.20 Å². The lowest BCUT2D eigenvalue weighted by Crippen LogP contribution is -2.34. The third-order valence-electron chi connectivity index (χ3n) is 3.15. The summed E-state index contributed by atoms with van der Waals surface area (Å²) < 4.78 is 5.03. The van der Waals surface area contributed by atoms with Gasteiger partial charge >= 0.3 is 5.97 Å². The summed E-state index contributed by atoms with van der Waals surface area (Å²) in [6, 6.07) is 0.174. The summed E-state index contributed by atoms with van der Waals surface area (Å²) >= 11 is 1.89. The zero-order chi connectivity index (χ0) is 13.8. The van der Waals surface area contributed by atoms with Crippen molar-refractivity contribution in [1.82, 2.24) is 14.9 Å². The first kappa shape index (κ1) is 14.3. The number of esters is 1. The van der Waals surface area contributed by atoms with Crippen LogP contribution in [0.2, 0.25) is 0 Å². The van der Waals surface area contributed by atoms with Crippen molar-refractivity contribution in [2.75, 3.05) is 31.7 Å². The van der Waals surface area contributed by atoms with Gasteiger partial charge < -0.3 is 4.74 Å². The SMILES string of the molecule is CCOC(=O)c1nc(C2CSCCN2C)ncc1C. The minimum atomic E-state index is -0.366. The summed E-state index contributed by atoms with van der Waals surface area (Å²) in [6.07, 6.45) is 1.71. The molecule has 6 heteroatoms. The van der Waals surface area contributed by atoms with Gasteiger partial charge in [-0.3, -0.25) is 4.90 Å². The number of ether oxygens (including phenoxy) is 1. The van der Waals surface area contributed by atoms with Crippen molar-refractivity contribution in [3.05, 3.63) is 23.3 Å². The second-order valence-electron chi connectivity index (χ2n) is 4.55. The number of aryl methyl sites for hydroxylation is 1. The summed E-state index contributed by atoms with van der Waals surface area (Å²) in [5.41, 5.74) is 1.14. The van der Waals surface area contributed by atoms with Crippen LogP contribution in [0.1, 0.15) is 34.8 Å². The maximum atomic E-state index is 11.9. The molecule has 1 aliphatic rings. The average molecular weight is 281 g/mol. The molecule has 0 bridgehead atoms. The van der Waals surface area contributed by atoms with E-state index in [1.165, 1.54) is 0 Å². The molecule has 0 spiro atoms. The van der Waals surface area contributed by atoms with Crippen LogP contribution < -0.4 is 0 Å². The minimum Gasteiger partial charge on any atom is -0.461 e. The van der Waals surface area contributed by atoms with Gasteiger partial charge in [0.15, 0.2) is 5.69 Å². The minimum absolute atomic E-state index is 0.174. The number of nitrogens with zero attached hydrogens (tertiary/aromatic N) is 3. The largest absolute Gasteiger partial charge is 0.461 e. The van der Waals surface area contributed by atoms with Crippen molar-refractivity contribution in [2.24, 2.45) is 0 Å². The average Bonchev–Trinajstić information content (AvgIpc) is 2.40. The first-order chi connectivity index (χ1) is 9.13. The van der Waals surface area contributed by atoms with Gasteiger partial charge in [-0.15, -0.1) is 0 Å². The van der Waals surface area contributed by atoms with Crippen molar-refractivity contribution in [3.63, 3.8) is 0 Å². The molecule has 1 saturated heterocycles. The smallest absolute Gasteiger partial charge is 0.357 e. The van der Waals surface area contributed by atoms with Crippen molar-refractivity contribution in [3.8, 4) is 0 Å². The molecule has 1 aliphatic heterocycles. The van der Waals surface area contributed by atoms with Gasteiger partial charge in [-0.1, -0.05) is 0 Å². The van der Waals surface area contributed by atoms with E-state index in [0.29, 0.717) is 18.1 Å². The number of hydrogen-bond acceptors (Lipinski definition) is 6. The van der Waals surface area contributed by atoms with Crippen LogP contribution in [0.3, 0.4) is 0 Å². The zero-order valence-corrected chi connectivity index (χ0v) is 12.4. The van der Waals surface area contributed by atoms with E-state index in [4.69, 9.17) is 4.74 Å². The Morgan fingerprint density at radius 2 is 2.42 bits per heavy atom. The number of carbonyl (C=O) groups excluding carboxylic acids is 1. The molecule has 1 aromatic rings. The van der Waals surface area contributed by atoms with Gasteiger partial charge in [0.2, 0.25) is 0 Å². The van der Waals surface area contributed by atoms with Crippen LogP contribution >= 0.6 is 11.8 Å². The molecule has 5 nitrogen and oxygen atoms in total. The molecule has 0 radical (unpaired) electrons. The Balaban J connectivity index is 2.27. The van der Waals surface area contributed by atoms with E-state index in [2.05, 4.69) is 21.9 Å². The summed E-state index contributed by atoms with van der Waals surface area (Å²) in [4.78, 5) is 22.9. The summed E-state index contributed by atoms with van der Waals surface area (Å²) in [6.45, 7) is 4.99. The Kier molecular flexibility index (Phi) is 4.76. The number of thioether (sulfide) groups is 1. The Labute approximate surface area is 117 Å². The topological polar surface area (TPSA) is 55.3 Å². The standard InChI is InChI=1S/C13H19N3O2S/c1-4-18-13(17)11-9(2)7-14-12(15-11)10-8-19-6-5-16(10)3/h7,10H,4-6,8H2,1-3H3. The van der Waals surface area contributed by atoms with Crippen molar-refractivity contribution in [2.45, 2.75) is 19.9 Å². The molecule has 0 saturated carbocycles. The summed E-state index contributed by atoms with van der Waals surface area (Å²) in [7, 11) is 2.07. The quantitative estimate of drug-likeness (QED) is 0.786. The number of hydrogen-bond donors (Lipinski definition) is 0. The van der Waals surface area contributed by atoms with Crippen LogP contribution in [0.4, 0.5) is 0 Å². The molecular weight excluding hydrogens is 262 g/mol. The molecule has 1 aromatic heterocycles. The fourth-order valence-electron chi connectivity index (χ4n) is 1.98. The van der Waals surface area contributed by atoms with Gasteiger partial charge in [0, 0.05) is 29.8 Å². The lowest BCUT2D eigenvalue weighted by molar-refractivity contribution is 0.0517. The predicted molar refractivity (Wildman–Crippen MR) is 75.4 cm³/mol. The van der Waals surface area contributed by atoms with Crippen molar-refractivity contribution in [1.29, 1.82) is 0 Å². The molecule has 2 rings (SSSR count). The molecule has 1 unspecified atom stereocenters. The second kappa shape index (κ2) is 6.34. The Morgan fingerprint density at radius 3 is 3.11 bits per heavy atom. The van der Waals surface area contributed by atoms with E-state index in [0.717, 1.165) is 23.6 Å². The maximum Gasteiger partial charge on any atom is 0.357 e. The highest BCUT2D eigenvalue weighted by atomic mass is 32.2. The van der Waals surface area contributed by atoms with E-state index in [9.17, 15) is 4.79 Å². The molecule has 1 atom stereocenters. The van der Waals surface area contributed by atoms with E-state index in [-0.39, 0.29) is 12.0 Å². The van der Waals surface area contributed by atoms with Crippen LogP contribution in [-0.4, -0.2) is 52.5 Å². The van der Waals surface area contributed by atoms with Gasteiger partial charge in [0.25, 0.3) is 0 Å². The molecule has 1 fully saturated rings. The highest BCUT2D eigenvalue weighted by Crippen LogP contribution is 2.26. The lowest BCUT2D eigenvalue weighted by Gasteiger charge is -2.30.